The van der Waals surface area contributed by atoms with E-state index in [1.807, 2.05) is 0 Å². The molecule has 0 aromatic heterocycles. The van der Waals surface area contributed by atoms with Crippen LogP contribution in [0.5, 0.6) is 0 Å². The molecule has 1 radical (unpaired) electrons. The van der Waals surface area contributed by atoms with Gasteiger partial charge < -0.3 is 0 Å². The second kappa shape index (κ2) is 5.81. The Kier molecular flexibility index (Phi) is 3.85. The van der Waals surface area contributed by atoms with Crippen molar-refractivity contribution in [1.29, 1.82) is 0 Å². The van der Waals surface area contributed by atoms with Gasteiger partial charge in [0.1, 0.15) is 0 Å². The maximum Gasteiger partial charge on any atom is -0.00971 e. The summed E-state index contributed by atoms with van der Waals surface area (Å²) in [5, 5.41) is 0. The maximum absolute atomic E-state index is 4.33. The largest absolute Gasteiger partial charge is 0.0622 e. The topological polar surface area (TPSA) is 0 Å². The minimum atomic E-state index is -0.125. The van der Waals surface area contributed by atoms with Crippen LogP contribution in [0.2, 0.25) is 0 Å². The van der Waals surface area contributed by atoms with E-state index in [-0.39, 0.29) is 5.41 Å². The van der Waals surface area contributed by atoms with Crippen molar-refractivity contribution >= 4 is 0 Å². The third-order valence-electron chi connectivity index (χ3n) is 3.94. The van der Waals surface area contributed by atoms with Gasteiger partial charge in [-0.15, -0.1) is 0 Å². The number of hydrogen-bond acceptors (Lipinski definition) is 0. The number of benzene rings is 3. The van der Waals surface area contributed by atoms with Gasteiger partial charge in [-0.1, -0.05) is 86.6 Å². The van der Waals surface area contributed by atoms with Gasteiger partial charge in [-0.2, -0.15) is 0 Å². The monoisotopic (exact) mass is 285 g/mol. The van der Waals surface area contributed by atoms with Gasteiger partial charge >= 0.3 is 0 Å². The standard InChI is InChI=1S/C22H21/c1-22(2,3)21-15-14-19(17-10-6-4-7-11-17)16-20(21)18-12-8-5-9-13-18/h4-16H,1H2,2-3H3. The van der Waals surface area contributed by atoms with E-state index in [1.165, 1.54) is 27.8 Å². The molecule has 0 aliphatic carbocycles. The molecule has 0 nitrogen and oxygen atoms in total. The molecule has 3 rings (SSSR count). The summed E-state index contributed by atoms with van der Waals surface area (Å²) in [6.07, 6.45) is 0. The highest BCUT2D eigenvalue weighted by molar-refractivity contribution is 5.76. The van der Waals surface area contributed by atoms with E-state index < -0.39 is 0 Å². The molecule has 22 heavy (non-hydrogen) atoms. The van der Waals surface area contributed by atoms with Crippen LogP contribution in [0.4, 0.5) is 0 Å². The van der Waals surface area contributed by atoms with E-state index in [2.05, 4.69) is 99.6 Å². The van der Waals surface area contributed by atoms with Crippen molar-refractivity contribution in [3.05, 3.63) is 91.3 Å². The highest BCUT2D eigenvalue weighted by Crippen LogP contribution is 2.35. The molecule has 0 aliphatic heterocycles. The van der Waals surface area contributed by atoms with Crippen LogP contribution in [-0.4, -0.2) is 0 Å². The Labute approximate surface area is 133 Å². The van der Waals surface area contributed by atoms with Crippen LogP contribution >= 0.6 is 0 Å². The summed E-state index contributed by atoms with van der Waals surface area (Å²) in [7, 11) is 0. The first-order valence-corrected chi connectivity index (χ1v) is 7.66. The molecule has 0 spiro atoms. The highest BCUT2D eigenvalue weighted by Gasteiger charge is 2.19. The molecular formula is C22H21. The van der Waals surface area contributed by atoms with Crippen molar-refractivity contribution in [2.45, 2.75) is 19.3 Å². The molecule has 0 heteroatoms. The Morgan fingerprint density at radius 3 is 1.73 bits per heavy atom. The van der Waals surface area contributed by atoms with Crippen molar-refractivity contribution in [3.63, 3.8) is 0 Å². The molecule has 0 amide bonds. The molecule has 0 unspecified atom stereocenters. The maximum atomic E-state index is 4.33. The van der Waals surface area contributed by atoms with Crippen LogP contribution in [0.3, 0.4) is 0 Å². The summed E-state index contributed by atoms with van der Waals surface area (Å²) in [5.41, 5.74) is 6.15. The van der Waals surface area contributed by atoms with E-state index in [1.54, 1.807) is 0 Å². The summed E-state index contributed by atoms with van der Waals surface area (Å²) in [5.74, 6) is 0. The lowest BCUT2D eigenvalue weighted by atomic mass is 9.80. The van der Waals surface area contributed by atoms with E-state index >= 15 is 0 Å². The molecule has 0 saturated heterocycles. The van der Waals surface area contributed by atoms with Crippen molar-refractivity contribution < 1.29 is 0 Å². The Bertz CT molecular complexity index is 747. The summed E-state index contributed by atoms with van der Waals surface area (Å²) in [6, 6.07) is 27.8. The molecule has 3 aromatic rings. The predicted molar refractivity (Wildman–Crippen MR) is 95.7 cm³/mol. The lowest BCUT2D eigenvalue weighted by Crippen LogP contribution is -2.13. The SMILES string of the molecule is [CH2]C(C)(C)c1ccc(-c2ccccc2)cc1-c1ccccc1. The zero-order valence-corrected chi connectivity index (χ0v) is 13.2. The van der Waals surface area contributed by atoms with Gasteiger partial charge in [-0.3, -0.25) is 0 Å². The average molecular weight is 285 g/mol. The van der Waals surface area contributed by atoms with Gasteiger partial charge in [0.15, 0.2) is 0 Å². The predicted octanol–water partition coefficient (Wildman–Crippen LogP) is 6.13. The fourth-order valence-electron chi connectivity index (χ4n) is 2.80. The highest BCUT2D eigenvalue weighted by atomic mass is 14.2. The summed E-state index contributed by atoms with van der Waals surface area (Å²) in [6.45, 7) is 8.66. The molecule has 3 aromatic carbocycles. The molecule has 0 atom stereocenters. The minimum absolute atomic E-state index is 0.125. The van der Waals surface area contributed by atoms with Crippen LogP contribution in [0.15, 0.2) is 78.9 Å². The Hall–Kier alpha value is -2.34. The Morgan fingerprint density at radius 1 is 0.636 bits per heavy atom. The Morgan fingerprint density at radius 2 is 1.18 bits per heavy atom. The number of hydrogen-bond donors (Lipinski definition) is 0. The zero-order chi connectivity index (χ0) is 15.6. The Balaban J connectivity index is 2.20. The normalized spacial score (nSPS) is 11.4. The summed E-state index contributed by atoms with van der Waals surface area (Å²) < 4.78 is 0. The van der Waals surface area contributed by atoms with Crippen molar-refractivity contribution in [2.75, 3.05) is 0 Å². The number of rotatable bonds is 3. The van der Waals surface area contributed by atoms with Gasteiger partial charge in [0, 0.05) is 0 Å². The first-order chi connectivity index (χ1) is 10.6. The average Bonchev–Trinajstić information content (AvgIpc) is 2.55. The van der Waals surface area contributed by atoms with E-state index in [0.29, 0.717) is 0 Å². The summed E-state index contributed by atoms with van der Waals surface area (Å²) in [4.78, 5) is 0. The van der Waals surface area contributed by atoms with E-state index in [9.17, 15) is 0 Å². The van der Waals surface area contributed by atoms with Crippen LogP contribution in [-0.2, 0) is 5.41 Å². The van der Waals surface area contributed by atoms with Crippen molar-refractivity contribution in [3.8, 4) is 22.3 Å². The van der Waals surface area contributed by atoms with Crippen LogP contribution in [0.25, 0.3) is 22.3 Å². The van der Waals surface area contributed by atoms with E-state index in [4.69, 9.17) is 0 Å². The van der Waals surface area contributed by atoms with Crippen LogP contribution in [0.1, 0.15) is 19.4 Å². The van der Waals surface area contributed by atoms with Gasteiger partial charge in [-0.05, 0) is 46.2 Å². The first kappa shape index (κ1) is 14.6. The van der Waals surface area contributed by atoms with Crippen LogP contribution < -0.4 is 0 Å². The third kappa shape index (κ3) is 2.96. The molecule has 0 N–H and O–H groups in total. The smallest absolute Gasteiger partial charge is 0.00971 e. The van der Waals surface area contributed by atoms with Gasteiger partial charge in [0.05, 0.1) is 0 Å². The van der Waals surface area contributed by atoms with Crippen molar-refractivity contribution in [1.82, 2.24) is 0 Å². The third-order valence-corrected chi connectivity index (χ3v) is 3.94. The summed E-state index contributed by atoms with van der Waals surface area (Å²) >= 11 is 0. The molecule has 0 fully saturated rings. The van der Waals surface area contributed by atoms with Crippen molar-refractivity contribution in [2.24, 2.45) is 0 Å². The molecule has 0 bridgehead atoms. The fraction of sp³-hybridized carbons (Fsp3) is 0.136. The second-order valence-electron chi connectivity index (χ2n) is 6.38. The second-order valence-corrected chi connectivity index (χ2v) is 6.38. The van der Waals surface area contributed by atoms with E-state index in [0.717, 1.165) is 0 Å². The van der Waals surface area contributed by atoms with Gasteiger partial charge in [0.2, 0.25) is 0 Å². The zero-order valence-electron chi connectivity index (χ0n) is 13.2. The minimum Gasteiger partial charge on any atom is -0.0622 e. The van der Waals surface area contributed by atoms with Crippen LogP contribution in [0, 0.1) is 6.92 Å². The molecule has 0 aliphatic rings. The lowest BCUT2D eigenvalue weighted by molar-refractivity contribution is 0.667. The molecule has 109 valence electrons. The first-order valence-electron chi connectivity index (χ1n) is 7.66. The molecule has 0 heterocycles. The lowest BCUT2D eigenvalue weighted by Gasteiger charge is -2.24. The fourth-order valence-corrected chi connectivity index (χ4v) is 2.80. The van der Waals surface area contributed by atoms with Gasteiger partial charge in [0.25, 0.3) is 0 Å². The molecule has 0 saturated carbocycles. The quantitative estimate of drug-likeness (QED) is 0.543. The molecular weight excluding hydrogens is 264 g/mol. The van der Waals surface area contributed by atoms with Gasteiger partial charge in [-0.25, -0.2) is 0 Å².